The van der Waals surface area contributed by atoms with Gasteiger partial charge in [0.1, 0.15) is 0 Å². The van der Waals surface area contributed by atoms with Crippen molar-refractivity contribution in [1.29, 1.82) is 0 Å². The number of hydrogen-bond acceptors (Lipinski definition) is 9. The van der Waals surface area contributed by atoms with Crippen LogP contribution in [-0.2, 0) is 4.79 Å². The normalized spacial score (nSPS) is 16.9. The molecule has 12 heteroatoms. The number of carbonyl (C=O) groups excluding carboxylic acids is 2. The number of aromatic nitrogens is 2. The number of anilines is 1. The van der Waals surface area contributed by atoms with E-state index in [0.717, 1.165) is 22.3 Å². The van der Waals surface area contributed by atoms with E-state index in [2.05, 4.69) is 20.4 Å². The lowest BCUT2D eigenvalue weighted by atomic mass is 10.1. The van der Waals surface area contributed by atoms with Crippen molar-refractivity contribution in [3.8, 4) is 0 Å². The molecule has 2 aromatic rings. The van der Waals surface area contributed by atoms with Gasteiger partial charge < -0.3 is 15.1 Å². The highest BCUT2D eigenvalue weighted by Gasteiger charge is 2.25. The summed E-state index contributed by atoms with van der Waals surface area (Å²) in [7, 11) is 0. The van der Waals surface area contributed by atoms with Gasteiger partial charge in [-0.25, -0.2) is 0 Å². The molecular formula is C20H24N6O4S2. The number of nitrogens with zero attached hydrogens (tertiary/aromatic N) is 5. The Hall–Kier alpha value is -2.73. The molecule has 170 valence electrons. The monoisotopic (exact) mass is 476 g/mol. The van der Waals surface area contributed by atoms with Crippen molar-refractivity contribution in [1.82, 2.24) is 20.4 Å². The van der Waals surface area contributed by atoms with Crippen molar-refractivity contribution in [3.05, 3.63) is 39.9 Å². The molecule has 32 heavy (non-hydrogen) atoms. The summed E-state index contributed by atoms with van der Waals surface area (Å²) in [6.45, 7) is 2.31. The van der Waals surface area contributed by atoms with Crippen LogP contribution in [0.5, 0.6) is 0 Å². The molecule has 2 amide bonds. The van der Waals surface area contributed by atoms with Gasteiger partial charge in [0.15, 0.2) is 4.34 Å². The summed E-state index contributed by atoms with van der Waals surface area (Å²) in [5, 5.41) is 23.1. The fourth-order valence-corrected chi connectivity index (χ4v) is 5.57. The highest BCUT2D eigenvalue weighted by molar-refractivity contribution is 8.01. The molecule has 1 aliphatic heterocycles. The molecule has 0 spiro atoms. The Morgan fingerprint density at radius 2 is 1.81 bits per heavy atom. The number of nitrogens with one attached hydrogen (secondary N) is 1. The highest BCUT2D eigenvalue weighted by Crippen LogP contribution is 2.29. The van der Waals surface area contributed by atoms with Gasteiger partial charge in [0, 0.05) is 49.9 Å². The Kier molecular flexibility index (Phi) is 7.20. The van der Waals surface area contributed by atoms with Gasteiger partial charge in [-0.2, -0.15) is 0 Å². The first kappa shape index (κ1) is 22.5. The number of amides is 2. The lowest BCUT2D eigenvalue weighted by Crippen LogP contribution is -2.48. The molecule has 1 saturated carbocycles. The molecule has 0 atom stereocenters. The van der Waals surface area contributed by atoms with Gasteiger partial charge in [-0.1, -0.05) is 35.9 Å². The van der Waals surface area contributed by atoms with Gasteiger partial charge in [-0.05, 0) is 25.0 Å². The van der Waals surface area contributed by atoms with Crippen molar-refractivity contribution < 1.29 is 14.5 Å². The summed E-state index contributed by atoms with van der Waals surface area (Å²) in [6, 6.07) is 5.99. The summed E-state index contributed by atoms with van der Waals surface area (Å²) in [6.07, 6.45) is 4.51. The molecule has 2 fully saturated rings. The number of carbonyl (C=O) groups is 2. The number of thioether (sulfide) groups is 1. The van der Waals surface area contributed by atoms with E-state index in [1.807, 2.05) is 0 Å². The molecule has 2 aliphatic rings. The lowest BCUT2D eigenvalue weighted by molar-refractivity contribution is -0.384. The van der Waals surface area contributed by atoms with Crippen molar-refractivity contribution in [3.63, 3.8) is 0 Å². The number of piperazine rings is 1. The van der Waals surface area contributed by atoms with Crippen LogP contribution >= 0.6 is 23.1 Å². The third kappa shape index (κ3) is 5.54. The summed E-state index contributed by atoms with van der Waals surface area (Å²) in [5.41, 5.74) is 0.405. The van der Waals surface area contributed by atoms with Crippen LogP contribution in [0.3, 0.4) is 0 Å². The first-order chi connectivity index (χ1) is 15.5. The van der Waals surface area contributed by atoms with Gasteiger partial charge in [-0.3, -0.25) is 19.7 Å². The van der Waals surface area contributed by atoms with E-state index in [-0.39, 0.29) is 17.5 Å². The minimum absolute atomic E-state index is 0.0349. The Morgan fingerprint density at radius 1 is 1.12 bits per heavy atom. The van der Waals surface area contributed by atoms with E-state index in [0.29, 0.717) is 43.5 Å². The van der Waals surface area contributed by atoms with Gasteiger partial charge in [-0.15, -0.1) is 10.2 Å². The standard InChI is InChI=1S/C20H24N6O4S2/c27-17(21-15-3-1-2-4-15)13-31-20-23-22-19(32-20)25-11-9-24(10-12-25)18(28)14-5-7-16(8-6-14)26(29)30/h5-8,15H,1-4,9-13H2,(H,21,27). The van der Waals surface area contributed by atoms with E-state index < -0.39 is 4.92 Å². The minimum atomic E-state index is -0.482. The van der Waals surface area contributed by atoms with E-state index in [9.17, 15) is 19.7 Å². The van der Waals surface area contributed by atoms with Crippen LogP contribution in [0.4, 0.5) is 10.8 Å². The average Bonchev–Trinajstić information content (AvgIpc) is 3.50. The molecule has 1 aromatic carbocycles. The van der Waals surface area contributed by atoms with Crippen LogP contribution in [0, 0.1) is 10.1 Å². The van der Waals surface area contributed by atoms with Gasteiger partial charge in [0.05, 0.1) is 10.7 Å². The van der Waals surface area contributed by atoms with Gasteiger partial charge >= 0.3 is 0 Å². The summed E-state index contributed by atoms with van der Waals surface area (Å²) in [5.74, 6) is 0.237. The molecule has 1 N–H and O–H groups in total. The lowest BCUT2D eigenvalue weighted by Gasteiger charge is -2.34. The molecule has 1 saturated heterocycles. The fourth-order valence-electron chi connectivity index (χ4n) is 3.86. The zero-order chi connectivity index (χ0) is 22.5. The van der Waals surface area contributed by atoms with E-state index in [4.69, 9.17) is 0 Å². The second-order valence-corrected chi connectivity index (χ2v) is 9.95. The number of hydrogen-bond donors (Lipinski definition) is 1. The molecule has 1 aliphatic carbocycles. The predicted molar refractivity (Wildman–Crippen MR) is 122 cm³/mol. The van der Waals surface area contributed by atoms with E-state index in [1.165, 1.54) is 60.2 Å². The van der Waals surface area contributed by atoms with Gasteiger partial charge in [0.2, 0.25) is 11.0 Å². The molecule has 10 nitrogen and oxygen atoms in total. The number of nitro benzene ring substituents is 1. The SMILES string of the molecule is O=C(CSc1nnc(N2CCN(C(=O)c3ccc([N+](=O)[O-])cc3)CC2)s1)NC1CCCC1. The first-order valence-electron chi connectivity index (χ1n) is 10.5. The minimum Gasteiger partial charge on any atom is -0.353 e. The summed E-state index contributed by atoms with van der Waals surface area (Å²) >= 11 is 2.85. The largest absolute Gasteiger partial charge is 0.353 e. The Bertz CT molecular complexity index is 969. The maximum absolute atomic E-state index is 12.7. The topological polar surface area (TPSA) is 122 Å². The smallest absolute Gasteiger partial charge is 0.269 e. The van der Waals surface area contributed by atoms with Crippen LogP contribution in [-0.4, -0.2) is 69.8 Å². The Balaban J connectivity index is 1.24. The second kappa shape index (κ2) is 10.3. The molecular weight excluding hydrogens is 452 g/mol. The van der Waals surface area contributed by atoms with Gasteiger partial charge in [0.25, 0.3) is 11.6 Å². The number of rotatable bonds is 7. The summed E-state index contributed by atoms with van der Waals surface area (Å²) < 4.78 is 0.756. The van der Waals surface area contributed by atoms with Crippen LogP contribution in [0.1, 0.15) is 36.0 Å². The molecule has 0 radical (unpaired) electrons. The van der Waals surface area contributed by atoms with Crippen molar-refractivity contribution >= 4 is 45.7 Å². The van der Waals surface area contributed by atoms with Crippen molar-refractivity contribution in [2.75, 3.05) is 36.8 Å². The van der Waals surface area contributed by atoms with Crippen molar-refractivity contribution in [2.24, 2.45) is 0 Å². The van der Waals surface area contributed by atoms with Crippen LogP contribution in [0.25, 0.3) is 0 Å². The van der Waals surface area contributed by atoms with Crippen LogP contribution < -0.4 is 10.2 Å². The molecule has 0 bridgehead atoms. The Labute approximate surface area is 193 Å². The molecule has 2 heterocycles. The van der Waals surface area contributed by atoms with Crippen LogP contribution in [0.15, 0.2) is 28.6 Å². The van der Waals surface area contributed by atoms with E-state index in [1.54, 1.807) is 4.90 Å². The maximum atomic E-state index is 12.7. The number of benzene rings is 1. The van der Waals surface area contributed by atoms with Crippen LogP contribution in [0.2, 0.25) is 0 Å². The number of non-ortho nitro benzene ring substituents is 1. The highest BCUT2D eigenvalue weighted by atomic mass is 32.2. The summed E-state index contributed by atoms with van der Waals surface area (Å²) in [4.78, 5) is 38.9. The molecule has 4 rings (SSSR count). The maximum Gasteiger partial charge on any atom is 0.269 e. The molecule has 1 aromatic heterocycles. The number of nitro groups is 1. The second-order valence-electron chi connectivity index (χ2n) is 7.77. The zero-order valence-corrected chi connectivity index (χ0v) is 19.1. The van der Waals surface area contributed by atoms with Crippen molar-refractivity contribution in [2.45, 2.75) is 36.1 Å². The fraction of sp³-hybridized carbons (Fsp3) is 0.500. The van der Waals surface area contributed by atoms with E-state index >= 15 is 0 Å². The third-order valence-electron chi connectivity index (χ3n) is 5.61. The third-order valence-corrected chi connectivity index (χ3v) is 7.72. The molecule has 0 unspecified atom stereocenters. The zero-order valence-electron chi connectivity index (χ0n) is 17.4. The predicted octanol–water partition coefficient (Wildman–Crippen LogP) is 2.56. The average molecular weight is 477 g/mol. The Morgan fingerprint density at radius 3 is 2.47 bits per heavy atom. The first-order valence-corrected chi connectivity index (χ1v) is 12.3. The quantitative estimate of drug-likeness (QED) is 0.368.